The zero-order chi connectivity index (χ0) is 21.1. The lowest BCUT2D eigenvalue weighted by atomic mass is 9.74. The third-order valence-electron chi connectivity index (χ3n) is 6.30. The fourth-order valence-electron chi connectivity index (χ4n) is 4.89. The van der Waals surface area contributed by atoms with Crippen molar-refractivity contribution < 1.29 is 14.3 Å². The molecule has 6 nitrogen and oxygen atoms in total. The Kier molecular flexibility index (Phi) is 4.35. The monoisotopic (exact) mass is 425 g/mol. The highest BCUT2D eigenvalue weighted by Crippen LogP contribution is 2.51. The molecular formula is C23H24ClN3O3. The number of ether oxygens (including phenoxy) is 2. The molecule has 1 saturated heterocycles. The third-order valence-corrected chi connectivity index (χ3v) is 6.52. The number of rotatable bonds is 1. The van der Waals surface area contributed by atoms with Gasteiger partial charge in [-0.3, -0.25) is 9.69 Å². The van der Waals surface area contributed by atoms with E-state index in [0.717, 1.165) is 35.1 Å². The van der Waals surface area contributed by atoms with E-state index in [9.17, 15) is 4.79 Å². The number of nitrogens with two attached hydrogens (primary N) is 1. The number of carbonyl (C=O) groups excluding carboxylic acids is 1. The van der Waals surface area contributed by atoms with E-state index >= 15 is 0 Å². The minimum Gasteiger partial charge on any atom is -0.484 e. The third kappa shape index (κ3) is 2.89. The number of carbonyl (C=O) groups is 1. The number of likely N-dealkylation sites (N-methyl/N-ethyl adjacent to an activating group) is 1. The zero-order valence-electron chi connectivity index (χ0n) is 17.1. The summed E-state index contributed by atoms with van der Waals surface area (Å²) in [7, 11) is 1.67. The predicted molar refractivity (Wildman–Crippen MR) is 116 cm³/mol. The summed E-state index contributed by atoms with van der Waals surface area (Å²) in [5.41, 5.74) is 8.17. The molecule has 2 spiro atoms. The van der Waals surface area contributed by atoms with E-state index in [1.165, 1.54) is 4.90 Å². The van der Waals surface area contributed by atoms with Crippen LogP contribution in [0.15, 0.2) is 41.4 Å². The lowest BCUT2D eigenvalue weighted by molar-refractivity contribution is -0.139. The van der Waals surface area contributed by atoms with E-state index < -0.39 is 11.1 Å². The molecule has 0 bridgehead atoms. The Hall–Kier alpha value is -2.57. The maximum absolute atomic E-state index is 13.5. The summed E-state index contributed by atoms with van der Waals surface area (Å²) in [6.45, 7) is 3.15. The molecule has 5 rings (SSSR count). The highest BCUT2D eigenvalue weighted by atomic mass is 35.5. The molecule has 0 radical (unpaired) electrons. The van der Waals surface area contributed by atoms with Gasteiger partial charge in [-0.15, -0.1) is 0 Å². The van der Waals surface area contributed by atoms with Crippen molar-refractivity contribution in [1.82, 2.24) is 4.90 Å². The molecule has 30 heavy (non-hydrogen) atoms. The predicted octanol–water partition coefficient (Wildman–Crippen LogP) is 3.63. The summed E-state index contributed by atoms with van der Waals surface area (Å²) >= 11 is 6.29. The highest BCUT2D eigenvalue weighted by molar-refractivity contribution is 6.31. The van der Waals surface area contributed by atoms with Gasteiger partial charge in [-0.05, 0) is 60.7 Å². The van der Waals surface area contributed by atoms with E-state index in [-0.39, 0.29) is 11.9 Å². The molecule has 2 unspecified atom stereocenters. The Morgan fingerprint density at radius 2 is 2.03 bits per heavy atom. The van der Waals surface area contributed by atoms with Crippen LogP contribution in [0.4, 0.5) is 0 Å². The van der Waals surface area contributed by atoms with Crippen LogP contribution in [0, 0.1) is 6.92 Å². The van der Waals surface area contributed by atoms with E-state index in [4.69, 9.17) is 31.8 Å². The van der Waals surface area contributed by atoms with Crippen molar-refractivity contribution in [1.29, 1.82) is 0 Å². The Labute approximate surface area is 180 Å². The molecule has 0 saturated carbocycles. The summed E-state index contributed by atoms with van der Waals surface area (Å²) in [5, 5.41) is 0.672. The molecule has 2 aromatic rings. The van der Waals surface area contributed by atoms with E-state index in [0.29, 0.717) is 30.4 Å². The van der Waals surface area contributed by atoms with E-state index in [1.807, 2.05) is 37.3 Å². The first-order valence-corrected chi connectivity index (χ1v) is 10.5. The molecule has 2 N–H and O–H groups in total. The topological polar surface area (TPSA) is 77.2 Å². The zero-order valence-corrected chi connectivity index (χ0v) is 17.8. The number of fused-ring (bicyclic) bond motifs is 2. The van der Waals surface area contributed by atoms with Crippen LogP contribution in [0.1, 0.15) is 30.4 Å². The molecule has 2 atom stereocenters. The summed E-state index contributed by atoms with van der Waals surface area (Å²) in [6.07, 6.45) is 2.11. The Balaban J connectivity index is 1.69. The molecule has 1 amide bonds. The van der Waals surface area contributed by atoms with Crippen molar-refractivity contribution in [3.63, 3.8) is 0 Å². The van der Waals surface area contributed by atoms with Crippen LogP contribution in [0.2, 0.25) is 5.02 Å². The molecule has 3 heterocycles. The Bertz CT molecular complexity index is 1060. The SMILES string of the molecule is Cc1cc(Cl)cc(-c2ccc3c(c2)C2(CC4(CCCOC4)O3)N=C(N)N(C)C2=O)c1. The smallest absolute Gasteiger partial charge is 0.261 e. The van der Waals surface area contributed by atoms with Gasteiger partial charge in [0.15, 0.2) is 11.5 Å². The minimum absolute atomic E-state index is 0.131. The molecule has 0 aromatic heterocycles. The number of halogens is 1. The van der Waals surface area contributed by atoms with Crippen molar-refractivity contribution in [2.45, 2.75) is 37.3 Å². The Morgan fingerprint density at radius 1 is 1.20 bits per heavy atom. The molecule has 7 heteroatoms. The van der Waals surface area contributed by atoms with Gasteiger partial charge in [0.05, 0.1) is 6.61 Å². The molecular weight excluding hydrogens is 402 g/mol. The van der Waals surface area contributed by atoms with Crippen LogP contribution in [-0.2, 0) is 15.1 Å². The van der Waals surface area contributed by atoms with Gasteiger partial charge in [0, 0.05) is 30.7 Å². The van der Waals surface area contributed by atoms with Crippen LogP contribution < -0.4 is 10.5 Å². The number of benzene rings is 2. The second kappa shape index (κ2) is 6.72. The van der Waals surface area contributed by atoms with Crippen molar-refractivity contribution in [3.05, 3.63) is 52.5 Å². The van der Waals surface area contributed by atoms with Crippen molar-refractivity contribution in [2.75, 3.05) is 20.3 Å². The first-order chi connectivity index (χ1) is 14.3. The quantitative estimate of drug-likeness (QED) is 0.756. The Morgan fingerprint density at radius 3 is 2.70 bits per heavy atom. The number of amides is 1. The van der Waals surface area contributed by atoms with Gasteiger partial charge in [-0.25, -0.2) is 4.99 Å². The summed E-state index contributed by atoms with van der Waals surface area (Å²) in [6, 6.07) is 11.8. The fraction of sp³-hybridized carbons (Fsp3) is 0.391. The van der Waals surface area contributed by atoms with E-state index in [1.54, 1.807) is 7.05 Å². The summed E-state index contributed by atoms with van der Waals surface area (Å²) in [5.74, 6) is 0.757. The number of aliphatic imine (C=N–C) groups is 1. The van der Waals surface area contributed by atoms with Gasteiger partial charge in [0.25, 0.3) is 5.91 Å². The fourth-order valence-corrected chi connectivity index (χ4v) is 5.18. The molecule has 156 valence electrons. The van der Waals surface area contributed by atoms with Crippen LogP contribution >= 0.6 is 11.6 Å². The van der Waals surface area contributed by atoms with Gasteiger partial charge in [-0.1, -0.05) is 23.7 Å². The second-order valence-electron chi connectivity index (χ2n) is 8.54. The average Bonchev–Trinajstić information content (AvgIpc) is 2.91. The van der Waals surface area contributed by atoms with Crippen molar-refractivity contribution >= 4 is 23.5 Å². The van der Waals surface area contributed by atoms with Crippen LogP contribution in [0.5, 0.6) is 5.75 Å². The van der Waals surface area contributed by atoms with Gasteiger partial charge in [0.1, 0.15) is 11.4 Å². The second-order valence-corrected chi connectivity index (χ2v) is 8.98. The number of nitrogens with zero attached hydrogens (tertiary/aromatic N) is 2. The van der Waals surface area contributed by atoms with E-state index in [2.05, 4.69) is 6.07 Å². The number of guanidine groups is 1. The highest BCUT2D eigenvalue weighted by Gasteiger charge is 2.58. The summed E-state index contributed by atoms with van der Waals surface area (Å²) in [4.78, 5) is 19.6. The van der Waals surface area contributed by atoms with Crippen LogP contribution in [0.25, 0.3) is 11.1 Å². The van der Waals surface area contributed by atoms with Crippen LogP contribution in [0.3, 0.4) is 0 Å². The van der Waals surface area contributed by atoms with Gasteiger partial charge in [-0.2, -0.15) is 0 Å². The minimum atomic E-state index is -1.10. The van der Waals surface area contributed by atoms with Gasteiger partial charge >= 0.3 is 0 Å². The molecule has 1 fully saturated rings. The first-order valence-electron chi connectivity index (χ1n) is 10.1. The normalized spacial score (nSPS) is 27.9. The maximum atomic E-state index is 13.5. The number of hydrogen-bond donors (Lipinski definition) is 1. The molecule has 3 aliphatic rings. The average molecular weight is 426 g/mol. The number of aryl methyl sites for hydroxylation is 1. The van der Waals surface area contributed by atoms with Gasteiger partial charge in [0.2, 0.25) is 0 Å². The number of hydrogen-bond acceptors (Lipinski definition) is 5. The maximum Gasteiger partial charge on any atom is 0.261 e. The first kappa shape index (κ1) is 19.4. The molecule has 3 aliphatic heterocycles. The van der Waals surface area contributed by atoms with Crippen molar-refractivity contribution in [3.8, 4) is 16.9 Å². The standard InChI is InChI=1S/C23H24ClN3O3/c1-14-8-16(10-17(24)9-14)15-4-5-19-18(11-15)23(20(28)27(2)21(25)26-23)12-22(30-19)6-3-7-29-13-22/h4-5,8-11H,3,6-7,12-13H2,1-2H3,(H2,25,26). The molecule has 0 aliphatic carbocycles. The summed E-state index contributed by atoms with van der Waals surface area (Å²) < 4.78 is 12.2. The molecule has 2 aromatic carbocycles. The largest absolute Gasteiger partial charge is 0.484 e. The van der Waals surface area contributed by atoms with Crippen LogP contribution in [-0.4, -0.2) is 42.6 Å². The lowest BCUT2D eigenvalue weighted by Gasteiger charge is -2.46. The lowest BCUT2D eigenvalue weighted by Crippen LogP contribution is -2.55. The van der Waals surface area contributed by atoms with Gasteiger partial charge < -0.3 is 15.2 Å². The van der Waals surface area contributed by atoms with Crippen molar-refractivity contribution in [2.24, 2.45) is 10.7 Å².